The second-order valence-electron chi connectivity index (χ2n) is 5.47. The highest BCUT2D eigenvalue weighted by Crippen LogP contribution is 2.29. The largest absolute Gasteiger partial charge is 0.370 e. The first-order valence-electron chi connectivity index (χ1n) is 5.89. The van der Waals surface area contributed by atoms with E-state index in [2.05, 4.69) is 18.8 Å². The molecular formula is C12H25N3O. The van der Waals surface area contributed by atoms with E-state index in [1.165, 1.54) is 0 Å². The van der Waals surface area contributed by atoms with E-state index in [9.17, 15) is 0 Å². The van der Waals surface area contributed by atoms with Gasteiger partial charge in [0.2, 0.25) is 0 Å². The number of rotatable bonds is 2. The van der Waals surface area contributed by atoms with Crippen LogP contribution in [-0.2, 0) is 4.74 Å². The fraction of sp³-hybridized carbons (Fsp3) is 0.917. The average Bonchev–Trinajstić information content (AvgIpc) is 2.44. The summed E-state index contributed by atoms with van der Waals surface area (Å²) in [5.41, 5.74) is 0.0383. The molecule has 0 unspecified atom stereocenters. The molecule has 0 saturated carbocycles. The van der Waals surface area contributed by atoms with Crippen molar-refractivity contribution in [2.45, 2.75) is 38.4 Å². The van der Waals surface area contributed by atoms with Crippen molar-refractivity contribution in [2.75, 3.05) is 34.7 Å². The zero-order chi connectivity index (χ0) is 12.3. The third kappa shape index (κ3) is 3.67. The van der Waals surface area contributed by atoms with Crippen molar-refractivity contribution in [3.63, 3.8) is 0 Å². The maximum atomic E-state index is 5.91. The fourth-order valence-corrected chi connectivity index (χ4v) is 2.07. The molecule has 1 aliphatic rings. The Balaban J connectivity index is 2.52. The van der Waals surface area contributed by atoms with Crippen LogP contribution in [0.15, 0.2) is 4.99 Å². The molecule has 0 aromatic rings. The van der Waals surface area contributed by atoms with Gasteiger partial charge in [0.25, 0.3) is 0 Å². The number of hydrogen-bond acceptors (Lipinski definition) is 2. The molecule has 1 atom stereocenters. The molecule has 0 spiro atoms. The lowest BCUT2D eigenvalue weighted by atomic mass is 10.1. The molecule has 1 rings (SSSR count). The number of nitrogens with zero attached hydrogens (tertiary/aromatic N) is 3. The van der Waals surface area contributed by atoms with Crippen LogP contribution in [0.4, 0.5) is 0 Å². The van der Waals surface area contributed by atoms with Gasteiger partial charge in [0.1, 0.15) is 0 Å². The molecule has 0 N–H and O–H groups in total. The number of guanidine groups is 1. The number of hydrogen-bond donors (Lipinski definition) is 0. The van der Waals surface area contributed by atoms with E-state index in [0.29, 0.717) is 0 Å². The molecule has 4 nitrogen and oxygen atoms in total. The summed E-state index contributed by atoms with van der Waals surface area (Å²) in [5.74, 6) is 0.994. The summed E-state index contributed by atoms with van der Waals surface area (Å²) in [7, 11) is 8.05. The maximum Gasteiger partial charge on any atom is 0.195 e. The van der Waals surface area contributed by atoms with Crippen molar-refractivity contribution in [2.24, 2.45) is 4.99 Å². The Bertz CT molecular complexity index is 249. The van der Waals surface area contributed by atoms with Crippen LogP contribution in [0.25, 0.3) is 0 Å². The van der Waals surface area contributed by atoms with Crippen molar-refractivity contribution < 1.29 is 4.74 Å². The second kappa shape index (κ2) is 5.04. The molecule has 0 bridgehead atoms. The fourth-order valence-electron chi connectivity index (χ4n) is 2.07. The van der Waals surface area contributed by atoms with Gasteiger partial charge in [0.05, 0.1) is 18.2 Å². The van der Waals surface area contributed by atoms with Gasteiger partial charge in [-0.3, -0.25) is 4.99 Å². The standard InChI is InChI=1S/C12H25N3O/c1-12(2)8-7-10(16-12)9-13-11(14(3)4)15(5)6/h10H,7-9H2,1-6H3/t10-/m1/s1. The molecule has 0 aromatic heterocycles. The highest BCUT2D eigenvalue weighted by atomic mass is 16.5. The summed E-state index contributed by atoms with van der Waals surface area (Å²) in [5, 5.41) is 0. The van der Waals surface area contributed by atoms with E-state index in [-0.39, 0.29) is 11.7 Å². The maximum absolute atomic E-state index is 5.91. The Kier molecular flexibility index (Phi) is 4.19. The molecular weight excluding hydrogens is 202 g/mol. The van der Waals surface area contributed by atoms with E-state index in [4.69, 9.17) is 4.74 Å². The zero-order valence-electron chi connectivity index (χ0n) is 11.4. The third-order valence-corrected chi connectivity index (χ3v) is 2.79. The minimum absolute atomic E-state index is 0.0383. The van der Waals surface area contributed by atoms with Gasteiger partial charge >= 0.3 is 0 Å². The molecule has 0 amide bonds. The highest BCUT2D eigenvalue weighted by molar-refractivity contribution is 5.79. The predicted octanol–water partition coefficient (Wildman–Crippen LogP) is 1.42. The van der Waals surface area contributed by atoms with E-state index in [1.54, 1.807) is 0 Å². The molecule has 94 valence electrons. The summed E-state index contributed by atoms with van der Waals surface area (Å²) in [6.07, 6.45) is 2.53. The Morgan fingerprint density at radius 3 is 2.19 bits per heavy atom. The van der Waals surface area contributed by atoms with Crippen LogP contribution < -0.4 is 0 Å². The SMILES string of the molecule is CN(C)C(=NC[C@H]1CCC(C)(C)O1)N(C)C. The lowest BCUT2D eigenvalue weighted by Gasteiger charge is -2.23. The van der Waals surface area contributed by atoms with Crippen LogP contribution in [0.3, 0.4) is 0 Å². The smallest absolute Gasteiger partial charge is 0.195 e. The van der Waals surface area contributed by atoms with Gasteiger partial charge in [-0.15, -0.1) is 0 Å². The molecule has 0 aliphatic carbocycles. The number of ether oxygens (including phenoxy) is 1. The first-order chi connectivity index (χ1) is 7.32. The van der Waals surface area contributed by atoms with Gasteiger partial charge in [0.15, 0.2) is 5.96 Å². The average molecular weight is 227 g/mol. The van der Waals surface area contributed by atoms with Crippen LogP contribution in [0.5, 0.6) is 0 Å². The summed E-state index contributed by atoms with van der Waals surface area (Å²) in [4.78, 5) is 8.67. The van der Waals surface area contributed by atoms with Crippen LogP contribution >= 0.6 is 0 Å². The topological polar surface area (TPSA) is 28.1 Å². The second-order valence-corrected chi connectivity index (χ2v) is 5.47. The summed E-state index contributed by atoms with van der Waals surface area (Å²) >= 11 is 0. The quantitative estimate of drug-likeness (QED) is 0.527. The molecule has 1 saturated heterocycles. The van der Waals surface area contributed by atoms with Crippen molar-refractivity contribution in [3.05, 3.63) is 0 Å². The van der Waals surface area contributed by atoms with Crippen LogP contribution in [0.2, 0.25) is 0 Å². The first kappa shape index (κ1) is 13.3. The molecule has 1 fully saturated rings. The van der Waals surface area contributed by atoms with Crippen LogP contribution in [0.1, 0.15) is 26.7 Å². The van der Waals surface area contributed by atoms with Gasteiger partial charge in [-0.25, -0.2) is 0 Å². The Morgan fingerprint density at radius 2 is 1.81 bits per heavy atom. The minimum atomic E-state index is 0.0383. The lowest BCUT2D eigenvalue weighted by molar-refractivity contribution is -0.0107. The van der Waals surface area contributed by atoms with Crippen molar-refractivity contribution >= 4 is 5.96 Å². The van der Waals surface area contributed by atoms with Gasteiger partial charge in [-0.2, -0.15) is 0 Å². The van der Waals surface area contributed by atoms with E-state index in [1.807, 2.05) is 38.0 Å². The third-order valence-electron chi connectivity index (χ3n) is 2.79. The van der Waals surface area contributed by atoms with E-state index >= 15 is 0 Å². The molecule has 0 aromatic carbocycles. The van der Waals surface area contributed by atoms with Gasteiger partial charge in [-0.1, -0.05) is 0 Å². The van der Waals surface area contributed by atoms with Gasteiger partial charge < -0.3 is 14.5 Å². The molecule has 1 heterocycles. The zero-order valence-corrected chi connectivity index (χ0v) is 11.4. The molecule has 1 aliphatic heterocycles. The molecule has 0 radical (unpaired) electrons. The van der Waals surface area contributed by atoms with Gasteiger partial charge in [0, 0.05) is 28.2 Å². The summed E-state index contributed by atoms with van der Waals surface area (Å²) < 4.78 is 5.91. The molecule has 16 heavy (non-hydrogen) atoms. The van der Waals surface area contributed by atoms with E-state index < -0.39 is 0 Å². The van der Waals surface area contributed by atoms with Crippen LogP contribution in [-0.4, -0.2) is 62.2 Å². The summed E-state index contributed by atoms with van der Waals surface area (Å²) in [6.45, 7) is 5.06. The Hall–Kier alpha value is -0.770. The highest BCUT2D eigenvalue weighted by Gasteiger charge is 2.31. The van der Waals surface area contributed by atoms with Crippen molar-refractivity contribution in [1.29, 1.82) is 0 Å². The Morgan fingerprint density at radius 1 is 1.25 bits per heavy atom. The normalized spacial score (nSPS) is 23.0. The minimum Gasteiger partial charge on any atom is -0.370 e. The molecule has 4 heteroatoms. The first-order valence-corrected chi connectivity index (χ1v) is 5.89. The Labute approximate surface area is 99.3 Å². The lowest BCUT2D eigenvalue weighted by Crippen LogP contribution is -2.36. The number of aliphatic imine (C=N–C) groups is 1. The van der Waals surface area contributed by atoms with Crippen molar-refractivity contribution in [1.82, 2.24) is 9.80 Å². The van der Waals surface area contributed by atoms with Crippen molar-refractivity contribution in [3.8, 4) is 0 Å². The monoisotopic (exact) mass is 227 g/mol. The van der Waals surface area contributed by atoms with Crippen LogP contribution in [0, 0.1) is 0 Å². The predicted molar refractivity (Wildman–Crippen MR) is 67.9 cm³/mol. The van der Waals surface area contributed by atoms with Gasteiger partial charge in [-0.05, 0) is 26.7 Å². The van der Waals surface area contributed by atoms with E-state index in [0.717, 1.165) is 25.3 Å². The summed E-state index contributed by atoms with van der Waals surface area (Å²) in [6, 6.07) is 0.